The first-order valence-corrected chi connectivity index (χ1v) is 9.00. The number of aromatic nitrogens is 3. The Morgan fingerprint density at radius 3 is 2.09 bits per heavy atom. The Morgan fingerprint density at radius 1 is 0.913 bits per heavy atom. The lowest BCUT2D eigenvalue weighted by atomic mass is 10.2. The standard InChI is InChI=1S/C15H11Cl2N3O2S/c16-11-3-1-10(2-4-11)15-18-14(19-20-15)9-23(21,22)13-7-5-12(17)6-8-13/h1-8H,9H2,(H,18,19,20). The molecule has 0 radical (unpaired) electrons. The fourth-order valence-corrected chi connectivity index (χ4v) is 3.45. The topological polar surface area (TPSA) is 75.7 Å². The summed E-state index contributed by atoms with van der Waals surface area (Å²) in [6.07, 6.45) is 0. The Kier molecular flexibility index (Phi) is 4.39. The van der Waals surface area contributed by atoms with Gasteiger partial charge in [0.2, 0.25) is 0 Å². The average Bonchev–Trinajstić information content (AvgIpc) is 2.96. The SMILES string of the molecule is O=S(=O)(Cc1nc(-c2ccc(Cl)cc2)n[nH]1)c1ccc(Cl)cc1. The number of sulfone groups is 1. The smallest absolute Gasteiger partial charge is 0.185 e. The van der Waals surface area contributed by atoms with Crippen molar-refractivity contribution in [2.24, 2.45) is 0 Å². The van der Waals surface area contributed by atoms with E-state index in [2.05, 4.69) is 15.2 Å². The molecule has 1 N–H and O–H groups in total. The Balaban J connectivity index is 1.83. The van der Waals surface area contributed by atoms with E-state index >= 15 is 0 Å². The molecule has 0 aliphatic heterocycles. The van der Waals surface area contributed by atoms with Crippen molar-refractivity contribution in [3.8, 4) is 11.4 Å². The summed E-state index contributed by atoms with van der Waals surface area (Å²) < 4.78 is 24.7. The van der Waals surface area contributed by atoms with E-state index < -0.39 is 9.84 Å². The molecule has 0 atom stereocenters. The van der Waals surface area contributed by atoms with E-state index in [1.165, 1.54) is 24.3 Å². The van der Waals surface area contributed by atoms with Gasteiger partial charge in [0.1, 0.15) is 11.6 Å². The van der Waals surface area contributed by atoms with Crippen LogP contribution in [0, 0.1) is 0 Å². The number of halogens is 2. The summed E-state index contributed by atoms with van der Waals surface area (Å²) in [5.41, 5.74) is 0.751. The zero-order valence-electron chi connectivity index (χ0n) is 11.7. The van der Waals surface area contributed by atoms with Gasteiger partial charge in [-0.15, -0.1) is 0 Å². The van der Waals surface area contributed by atoms with E-state index in [0.717, 1.165) is 5.56 Å². The molecule has 0 unspecified atom stereocenters. The lowest BCUT2D eigenvalue weighted by molar-refractivity contribution is 0.594. The van der Waals surface area contributed by atoms with Gasteiger partial charge >= 0.3 is 0 Å². The molecule has 0 amide bonds. The Morgan fingerprint density at radius 2 is 1.48 bits per heavy atom. The molecule has 8 heteroatoms. The quantitative estimate of drug-likeness (QED) is 0.761. The van der Waals surface area contributed by atoms with Crippen molar-refractivity contribution < 1.29 is 8.42 Å². The average molecular weight is 368 g/mol. The zero-order valence-corrected chi connectivity index (χ0v) is 14.0. The van der Waals surface area contributed by atoms with Crippen molar-refractivity contribution in [3.05, 3.63) is 64.4 Å². The first kappa shape index (κ1) is 16.0. The van der Waals surface area contributed by atoms with Crippen LogP contribution in [-0.4, -0.2) is 23.6 Å². The number of H-pyrrole nitrogens is 1. The molecule has 3 rings (SSSR count). The number of hydrogen-bond donors (Lipinski definition) is 1. The third kappa shape index (κ3) is 3.72. The summed E-state index contributed by atoms with van der Waals surface area (Å²) in [7, 11) is -3.52. The van der Waals surface area contributed by atoms with Crippen molar-refractivity contribution in [3.63, 3.8) is 0 Å². The molecule has 0 fully saturated rings. The first-order valence-electron chi connectivity index (χ1n) is 6.59. The molecular formula is C15H11Cl2N3O2S. The summed E-state index contributed by atoms with van der Waals surface area (Å²) in [5.74, 6) is 0.419. The molecule has 5 nitrogen and oxygen atoms in total. The number of nitrogens with zero attached hydrogens (tertiary/aromatic N) is 2. The second kappa shape index (κ2) is 6.31. The maximum atomic E-state index is 12.4. The summed E-state index contributed by atoms with van der Waals surface area (Å²) in [4.78, 5) is 4.41. The molecule has 0 saturated carbocycles. The molecule has 0 aliphatic rings. The van der Waals surface area contributed by atoms with Gasteiger partial charge in [-0.2, -0.15) is 5.10 Å². The molecule has 2 aromatic carbocycles. The molecule has 1 aromatic heterocycles. The van der Waals surface area contributed by atoms with Crippen LogP contribution >= 0.6 is 23.2 Å². The third-order valence-corrected chi connectivity index (χ3v) is 5.28. The van der Waals surface area contributed by atoms with Gasteiger partial charge in [0.15, 0.2) is 15.7 Å². The highest BCUT2D eigenvalue weighted by atomic mass is 35.5. The number of aromatic amines is 1. The molecule has 0 aliphatic carbocycles. The molecule has 118 valence electrons. The van der Waals surface area contributed by atoms with Gasteiger partial charge in [-0.1, -0.05) is 23.2 Å². The van der Waals surface area contributed by atoms with Crippen molar-refractivity contribution in [2.45, 2.75) is 10.6 Å². The molecular weight excluding hydrogens is 357 g/mol. The molecule has 0 spiro atoms. The van der Waals surface area contributed by atoms with Gasteiger partial charge in [-0.3, -0.25) is 5.10 Å². The van der Waals surface area contributed by atoms with Crippen molar-refractivity contribution in [1.29, 1.82) is 0 Å². The largest absolute Gasteiger partial charge is 0.262 e. The fourth-order valence-electron chi connectivity index (χ4n) is 1.99. The number of hydrogen-bond acceptors (Lipinski definition) is 4. The Hall–Kier alpha value is -1.89. The van der Waals surface area contributed by atoms with E-state index in [0.29, 0.717) is 15.9 Å². The summed E-state index contributed by atoms with van der Waals surface area (Å²) >= 11 is 11.6. The summed E-state index contributed by atoms with van der Waals surface area (Å²) in [6, 6.07) is 13.0. The predicted octanol–water partition coefficient (Wildman–Crippen LogP) is 3.75. The van der Waals surface area contributed by atoms with Crippen LogP contribution in [-0.2, 0) is 15.6 Å². The minimum absolute atomic E-state index is 0.186. The van der Waals surface area contributed by atoms with Crippen LogP contribution in [0.1, 0.15) is 5.82 Å². The fraction of sp³-hybridized carbons (Fsp3) is 0.0667. The second-order valence-corrected chi connectivity index (χ2v) is 7.69. The van der Waals surface area contributed by atoms with E-state index in [9.17, 15) is 8.42 Å². The molecule has 0 saturated heterocycles. The van der Waals surface area contributed by atoms with Crippen molar-refractivity contribution in [1.82, 2.24) is 15.2 Å². The van der Waals surface area contributed by atoms with Crippen LogP contribution in [0.3, 0.4) is 0 Å². The van der Waals surface area contributed by atoms with Crippen LogP contribution in [0.2, 0.25) is 10.0 Å². The number of nitrogens with one attached hydrogen (secondary N) is 1. The Labute approximate surface area is 143 Å². The molecule has 3 aromatic rings. The van der Waals surface area contributed by atoms with Crippen molar-refractivity contribution >= 4 is 33.0 Å². The number of benzene rings is 2. The second-order valence-electron chi connectivity index (χ2n) is 4.83. The van der Waals surface area contributed by atoms with Gasteiger partial charge in [0.25, 0.3) is 0 Å². The van der Waals surface area contributed by atoms with E-state index in [-0.39, 0.29) is 16.5 Å². The van der Waals surface area contributed by atoms with E-state index in [4.69, 9.17) is 23.2 Å². The highest BCUT2D eigenvalue weighted by molar-refractivity contribution is 7.90. The number of rotatable bonds is 4. The summed E-state index contributed by atoms with van der Waals surface area (Å²) in [6.45, 7) is 0. The predicted molar refractivity (Wildman–Crippen MR) is 89.2 cm³/mol. The van der Waals surface area contributed by atoms with Crippen LogP contribution in [0.25, 0.3) is 11.4 Å². The van der Waals surface area contributed by atoms with Gasteiger partial charge in [-0.25, -0.2) is 13.4 Å². The van der Waals surface area contributed by atoms with Crippen LogP contribution in [0.15, 0.2) is 53.4 Å². The van der Waals surface area contributed by atoms with Crippen LogP contribution < -0.4 is 0 Å². The van der Waals surface area contributed by atoms with Gasteiger partial charge in [0, 0.05) is 15.6 Å². The lowest BCUT2D eigenvalue weighted by Gasteiger charge is -2.02. The van der Waals surface area contributed by atoms with Crippen LogP contribution in [0.5, 0.6) is 0 Å². The van der Waals surface area contributed by atoms with Gasteiger partial charge in [0.05, 0.1) is 4.90 Å². The normalized spacial score (nSPS) is 11.6. The molecule has 1 heterocycles. The summed E-state index contributed by atoms with van der Waals surface area (Å²) in [5, 5.41) is 7.79. The van der Waals surface area contributed by atoms with E-state index in [1.807, 2.05) is 0 Å². The highest BCUT2D eigenvalue weighted by Gasteiger charge is 2.18. The third-order valence-electron chi connectivity index (χ3n) is 3.13. The minimum Gasteiger partial charge on any atom is -0.262 e. The zero-order chi connectivity index (χ0) is 16.4. The van der Waals surface area contributed by atoms with Gasteiger partial charge < -0.3 is 0 Å². The van der Waals surface area contributed by atoms with E-state index in [1.54, 1.807) is 24.3 Å². The van der Waals surface area contributed by atoms with Crippen LogP contribution in [0.4, 0.5) is 0 Å². The maximum absolute atomic E-state index is 12.4. The molecule has 0 bridgehead atoms. The van der Waals surface area contributed by atoms with Gasteiger partial charge in [-0.05, 0) is 48.5 Å². The molecule has 23 heavy (non-hydrogen) atoms. The lowest BCUT2D eigenvalue weighted by Crippen LogP contribution is -2.06. The van der Waals surface area contributed by atoms with Crippen molar-refractivity contribution in [2.75, 3.05) is 0 Å². The Bertz CT molecular complexity index is 920. The first-order chi connectivity index (χ1) is 10.9. The maximum Gasteiger partial charge on any atom is 0.185 e. The minimum atomic E-state index is -3.52. The monoisotopic (exact) mass is 367 g/mol. The highest BCUT2D eigenvalue weighted by Crippen LogP contribution is 2.20.